The molecule has 0 aliphatic carbocycles. The van der Waals surface area contributed by atoms with E-state index in [1.165, 1.54) is 11.1 Å². The Bertz CT molecular complexity index is 451. The number of carbonyl (C=O) groups excluding carboxylic acids is 1. The van der Waals surface area contributed by atoms with Crippen LogP contribution in [0.2, 0.25) is 0 Å². The molecule has 3 nitrogen and oxygen atoms in total. The lowest BCUT2D eigenvalue weighted by atomic mass is 10.0. The van der Waals surface area contributed by atoms with E-state index in [0.29, 0.717) is 13.2 Å². The first kappa shape index (κ1) is 16.5. The second-order valence-electron chi connectivity index (χ2n) is 5.35. The SMILES string of the molecule is CCC(CC)C(=O)NCCOc1cc(C)c(C)cc1C. The second-order valence-corrected chi connectivity index (χ2v) is 5.35. The molecule has 0 aliphatic rings. The fourth-order valence-corrected chi connectivity index (χ4v) is 2.23. The van der Waals surface area contributed by atoms with Gasteiger partial charge >= 0.3 is 0 Å². The summed E-state index contributed by atoms with van der Waals surface area (Å²) in [6.45, 7) is 11.4. The summed E-state index contributed by atoms with van der Waals surface area (Å²) in [7, 11) is 0. The molecule has 0 atom stereocenters. The van der Waals surface area contributed by atoms with Gasteiger partial charge in [0.25, 0.3) is 0 Å². The molecule has 3 heteroatoms. The molecule has 0 unspecified atom stereocenters. The van der Waals surface area contributed by atoms with Gasteiger partial charge < -0.3 is 10.1 Å². The molecule has 0 bridgehead atoms. The van der Waals surface area contributed by atoms with Crippen LogP contribution in [0.1, 0.15) is 43.4 Å². The summed E-state index contributed by atoms with van der Waals surface area (Å²) >= 11 is 0. The van der Waals surface area contributed by atoms with Gasteiger partial charge in [0.2, 0.25) is 5.91 Å². The van der Waals surface area contributed by atoms with Gasteiger partial charge in [-0.2, -0.15) is 0 Å². The topological polar surface area (TPSA) is 38.3 Å². The molecule has 1 rings (SSSR count). The summed E-state index contributed by atoms with van der Waals surface area (Å²) in [6, 6.07) is 4.20. The molecule has 0 fully saturated rings. The molecule has 1 N–H and O–H groups in total. The first-order chi connectivity index (χ1) is 9.49. The Kier molecular flexibility index (Phi) is 6.56. The molecule has 0 saturated carbocycles. The minimum absolute atomic E-state index is 0.123. The van der Waals surface area contributed by atoms with Gasteiger partial charge in [-0.3, -0.25) is 4.79 Å². The van der Waals surface area contributed by atoms with Crippen molar-refractivity contribution in [1.29, 1.82) is 0 Å². The Morgan fingerprint density at radius 1 is 1.10 bits per heavy atom. The molecule has 1 aromatic rings. The second kappa shape index (κ2) is 7.93. The average Bonchev–Trinajstić information content (AvgIpc) is 2.41. The number of hydrogen-bond acceptors (Lipinski definition) is 2. The first-order valence-corrected chi connectivity index (χ1v) is 7.47. The van der Waals surface area contributed by atoms with Crippen molar-refractivity contribution in [2.75, 3.05) is 13.2 Å². The van der Waals surface area contributed by atoms with Gasteiger partial charge in [0, 0.05) is 5.92 Å². The molecule has 20 heavy (non-hydrogen) atoms. The average molecular weight is 277 g/mol. The van der Waals surface area contributed by atoms with Crippen LogP contribution < -0.4 is 10.1 Å². The van der Waals surface area contributed by atoms with Crippen LogP contribution in [0.4, 0.5) is 0 Å². The highest BCUT2D eigenvalue weighted by Crippen LogP contribution is 2.22. The van der Waals surface area contributed by atoms with Crippen LogP contribution in [0.25, 0.3) is 0 Å². The quantitative estimate of drug-likeness (QED) is 0.774. The first-order valence-electron chi connectivity index (χ1n) is 7.47. The Balaban J connectivity index is 2.42. The van der Waals surface area contributed by atoms with Crippen molar-refractivity contribution in [1.82, 2.24) is 5.32 Å². The molecule has 0 saturated heterocycles. The number of carbonyl (C=O) groups is 1. The predicted molar refractivity (Wildman–Crippen MR) is 83.2 cm³/mol. The third kappa shape index (κ3) is 4.55. The van der Waals surface area contributed by atoms with Crippen LogP contribution >= 0.6 is 0 Å². The van der Waals surface area contributed by atoms with Gasteiger partial charge in [0.15, 0.2) is 0 Å². The van der Waals surface area contributed by atoms with E-state index in [0.717, 1.165) is 24.2 Å². The molecule has 1 amide bonds. The van der Waals surface area contributed by atoms with Crippen LogP contribution in [0.3, 0.4) is 0 Å². The minimum atomic E-state index is 0.123. The summed E-state index contributed by atoms with van der Waals surface area (Å²) in [5.74, 6) is 1.17. The van der Waals surface area contributed by atoms with E-state index >= 15 is 0 Å². The fraction of sp³-hybridized carbons (Fsp3) is 0.588. The predicted octanol–water partition coefficient (Wildman–Crippen LogP) is 3.54. The lowest BCUT2D eigenvalue weighted by Gasteiger charge is -2.14. The van der Waals surface area contributed by atoms with E-state index in [1.807, 2.05) is 20.8 Å². The third-order valence-electron chi connectivity index (χ3n) is 3.81. The standard InChI is InChI=1S/C17H27NO2/c1-6-15(7-2)17(19)18-8-9-20-16-11-13(4)12(3)10-14(16)5/h10-11,15H,6-9H2,1-5H3,(H,18,19). The summed E-state index contributed by atoms with van der Waals surface area (Å²) in [4.78, 5) is 11.8. The Morgan fingerprint density at radius 2 is 1.70 bits per heavy atom. The zero-order valence-corrected chi connectivity index (χ0v) is 13.4. The third-order valence-corrected chi connectivity index (χ3v) is 3.81. The van der Waals surface area contributed by atoms with Crippen LogP contribution in [-0.2, 0) is 4.79 Å². The molecule has 112 valence electrons. The summed E-state index contributed by atoms with van der Waals surface area (Å²) in [5, 5.41) is 2.94. The van der Waals surface area contributed by atoms with Crippen molar-refractivity contribution in [3.63, 3.8) is 0 Å². The van der Waals surface area contributed by atoms with Gasteiger partial charge in [0.05, 0.1) is 6.54 Å². The molecule has 0 spiro atoms. The van der Waals surface area contributed by atoms with Gasteiger partial charge in [-0.25, -0.2) is 0 Å². The van der Waals surface area contributed by atoms with Gasteiger partial charge in [0.1, 0.15) is 12.4 Å². The number of benzene rings is 1. The Labute approximate surface area is 122 Å². The minimum Gasteiger partial charge on any atom is -0.491 e. The number of nitrogens with one attached hydrogen (secondary N) is 1. The van der Waals surface area contributed by atoms with E-state index in [9.17, 15) is 4.79 Å². The molecule has 0 aliphatic heterocycles. The number of ether oxygens (including phenoxy) is 1. The van der Waals surface area contributed by atoms with E-state index in [4.69, 9.17) is 4.74 Å². The largest absolute Gasteiger partial charge is 0.491 e. The highest BCUT2D eigenvalue weighted by Gasteiger charge is 2.13. The van der Waals surface area contributed by atoms with Gasteiger partial charge in [-0.05, 0) is 56.4 Å². The van der Waals surface area contributed by atoms with Gasteiger partial charge in [-0.15, -0.1) is 0 Å². The maximum Gasteiger partial charge on any atom is 0.223 e. The zero-order chi connectivity index (χ0) is 15.1. The monoisotopic (exact) mass is 277 g/mol. The fourth-order valence-electron chi connectivity index (χ4n) is 2.23. The molecule has 0 aromatic heterocycles. The van der Waals surface area contributed by atoms with Crippen molar-refractivity contribution in [2.45, 2.75) is 47.5 Å². The van der Waals surface area contributed by atoms with Crippen LogP contribution in [-0.4, -0.2) is 19.1 Å². The number of aryl methyl sites for hydroxylation is 3. The summed E-state index contributed by atoms with van der Waals surface area (Å²) in [6.07, 6.45) is 1.78. The summed E-state index contributed by atoms with van der Waals surface area (Å²) < 4.78 is 5.76. The molecular formula is C17H27NO2. The molecular weight excluding hydrogens is 250 g/mol. The van der Waals surface area contributed by atoms with Crippen LogP contribution in [0, 0.1) is 26.7 Å². The summed E-state index contributed by atoms with van der Waals surface area (Å²) in [5.41, 5.74) is 3.64. The number of hydrogen-bond donors (Lipinski definition) is 1. The van der Waals surface area contributed by atoms with E-state index in [-0.39, 0.29) is 11.8 Å². The van der Waals surface area contributed by atoms with Gasteiger partial charge in [-0.1, -0.05) is 19.9 Å². The van der Waals surface area contributed by atoms with E-state index in [1.54, 1.807) is 0 Å². The Morgan fingerprint density at radius 3 is 2.30 bits per heavy atom. The normalized spacial score (nSPS) is 10.7. The maximum atomic E-state index is 11.8. The molecule has 0 radical (unpaired) electrons. The van der Waals surface area contributed by atoms with Crippen molar-refractivity contribution >= 4 is 5.91 Å². The molecule has 0 heterocycles. The van der Waals surface area contributed by atoms with Crippen molar-refractivity contribution in [3.8, 4) is 5.75 Å². The van der Waals surface area contributed by atoms with Crippen LogP contribution in [0.15, 0.2) is 12.1 Å². The van der Waals surface area contributed by atoms with Crippen molar-refractivity contribution in [2.24, 2.45) is 5.92 Å². The van der Waals surface area contributed by atoms with E-state index < -0.39 is 0 Å². The Hall–Kier alpha value is -1.51. The maximum absolute atomic E-state index is 11.8. The smallest absolute Gasteiger partial charge is 0.223 e. The highest BCUT2D eigenvalue weighted by atomic mass is 16.5. The van der Waals surface area contributed by atoms with Crippen LogP contribution in [0.5, 0.6) is 5.75 Å². The van der Waals surface area contributed by atoms with Crippen molar-refractivity contribution < 1.29 is 9.53 Å². The zero-order valence-electron chi connectivity index (χ0n) is 13.4. The van der Waals surface area contributed by atoms with Crippen molar-refractivity contribution in [3.05, 3.63) is 28.8 Å². The number of rotatable bonds is 7. The lowest BCUT2D eigenvalue weighted by molar-refractivity contribution is -0.125. The number of amides is 1. The highest BCUT2D eigenvalue weighted by molar-refractivity contribution is 5.78. The van der Waals surface area contributed by atoms with E-state index in [2.05, 4.69) is 31.3 Å². The molecule has 1 aromatic carbocycles. The lowest BCUT2D eigenvalue weighted by Crippen LogP contribution is -2.33.